The number of halogens is 1. The second kappa shape index (κ2) is 5.68. The van der Waals surface area contributed by atoms with Crippen molar-refractivity contribution < 1.29 is 9.53 Å². The van der Waals surface area contributed by atoms with E-state index in [-0.39, 0.29) is 18.6 Å². The Kier molecular flexibility index (Phi) is 4.52. The molecule has 4 nitrogen and oxygen atoms in total. The van der Waals surface area contributed by atoms with Crippen LogP contribution in [0.25, 0.3) is 0 Å². The van der Waals surface area contributed by atoms with E-state index in [4.69, 9.17) is 16.3 Å². The molecule has 0 bridgehead atoms. The summed E-state index contributed by atoms with van der Waals surface area (Å²) in [5.74, 6) is -0.203. The molecule has 1 aromatic heterocycles. The van der Waals surface area contributed by atoms with E-state index in [9.17, 15) is 4.79 Å². The van der Waals surface area contributed by atoms with Gasteiger partial charge in [-0.25, -0.2) is 4.98 Å². The first-order valence-corrected chi connectivity index (χ1v) is 4.98. The predicted molar refractivity (Wildman–Crippen MR) is 59.0 cm³/mol. The number of nitrogens with zero attached hydrogens (tertiary/aromatic N) is 1. The summed E-state index contributed by atoms with van der Waals surface area (Å²) in [6, 6.07) is 3.24. The van der Waals surface area contributed by atoms with Crippen molar-refractivity contribution in [1.29, 1.82) is 0 Å². The number of amides is 1. The van der Waals surface area contributed by atoms with Crippen molar-refractivity contribution in [1.82, 2.24) is 4.98 Å². The zero-order valence-electron chi connectivity index (χ0n) is 8.66. The van der Waals surface area contributed by atoms with Gasteiger partial charge < -0.3 is 10.1 Å². The number of hydrogen-bond donors (Lipinski definition) is 1. The highest BCUT2D eigenvalue weighted by atomic mass is 35.5. The van der Waals surface area contributed by atoms with E-state index in [1.54, 1.807) is 12.1 Å². The van der Waals surface area contributed by atoms with Gasteiger partial charge in [0, 0.05) is 11.9 Å². The Morgan fingerprint density at radius 1 is 1.67 bits per heavy atom. The van der Waals surface area contributed by atoms with Gasteiger partial charge in [0.25, 0.3) is 0 Å². The average molecular weight is 229 g/mol. The quantitative estimate of drug-likeness (QED) is 0.803. The molecule has 0 fully saturated rings. The summed E-state index contributed by atoms with van der Waals surface area (Å²) in [7, 11) is 0. The molecule has 0 atom stereocenters. The first-order valence-electron chi connectivity index (χ1n) is 4.61. The number of carbonyl (C=O) groups excluding carboxylic acids is 1. The van der Waals surface area contributed by atoms with E-state index in [1.807, 2.05) is 13.8 Å². The summed E-state index contributed by atoms with van der Waals surface area (Å²) in [6.45, 7) is 3.78. The van der Waals surface area contributed by atoms with Crippen LogP contribution in [-0.4, -0.2) is 23.6 Å². The van der Waals surface area contributed by atoms with E-state index in [2.05, 4.69) is 10.3 Å². The van der Waals surface area contributed by atoms with Crippen LogP contribution in [0.5, 0.6) is 0 Å². The second-order valence-electron chi connectivity index (χ2n) is 3.28. The van der Waals surface area contributed by atoms with Crippen molar-refractivity contribution in [2.75, 3.05) is 11.9 Å². The number of pyridine rings is 1. The Morgan fingerprint density at radius 2 is 2.40 bits per heavy atom. The van der Waals surface area contributed by atoms with E-state index in [0.29, 0.717) is 10.8 Å². The third kappa shape index (κ3) is 4.76. The fourth-order valence-corrected chi connectivity index (χ4v) is 1.09. The maximum atomic E-state index is 11.3. The molecule has 1 heterocycles. The van der Waals surface area contributed by atoms with Crippen molar-refractivity contribution in [2.45, 2.75) is 20.0 Å². The molecule has 0 aliphatic heterocycles. The summed E-state index contributed by atoms with van der Waals surface area (Å²) in [4.78, 5) is 15.1. The fourth-order valence-electron chi connectivity index (χ4n) is 0.920. The minimum atomic E-state index is -0.203. The van der Waals surface area contributed by atoms with Crippen molar-refractivity contribution >= 4 is 23.2 Å². The van der Waals surface area contributed by atoms with E-state index in [0.717, 1.165) is 0 Å². The number of hydrogen-bond acceptors (Lipinski definition) is 3. The second-order valence-corrected chi connectivity index (χ2v) is 3.66. The Morgan fingerprint density at radius 3 is 3.00 bits per heavy atom. The number of rotatable bonds is 4. The summed E-state index contributed by atoms with van der Waals surface area (Å²) in [5, 5.41) is 2.99. The maximum absolute atomic E-state index is 11.3. The molecule has 0 spiro atoms. The summed E-state index contributed by atoms with van der Waals surface area (Å²) >= 11 is 5.66. The lowest BCUT2D eigenvalue weighted by molar-refractivity contribution is -0.121. The molecule has 15 heavy (non-hydrogen) atoms. The van der Waals surface area contributed by atoms with Crippen LogP contribution in [0.3, 0.4) is 0 Å². The highest BCUT2D eigenvalue weighted by Crippen LogP contribution is 2.11. The largest absolute Gasteiger partial charge is 0.369 e. The van der Waals surface area contributed by atoms with Crippen LogP contribution in [0.2, 0.25) is 5.15 Å². The molecular weight excluding hydrogens is 216 g/mol. The first-order chi connectivity index (χ1) is 7.08. The minimum Gasteiger partial charge on any atom is -0.369 e. The molecule has 0 saturated heterocycles. The van der Waals surface area contributed by atoms with Gasteiger partial charge in [-0.1, -0.05) is 11.6 Å². The molecule has 5 heteroatoms. The minimum absolute atomic E-state index is 0.0387. The topological polar surface area (TPSA) is 51.2 Å². The van der Waals surface area contributed by atoms with Crippen molar-refractivity contribution in [3.05, 3.63) is 23.5 Å². The van der Waals surface area contributed by atoms with Gasteiger partial charge in [0.05, 0.1) is 6.10 Å². The number of nitrogens with one attached hydrogen (secondary N) is 1. The van der Waals surface area contributed by atoms with Gasteiger partial charge in [-0.15, -0.1) is 0 Å². The zero-order chi connectivity index (χ0) is 11.3. The standard InChI is InChI=1S/C10H13ClN2O2/c1-7(2)15-6-10(14)13-8-3-4-12-9(11)5-8/h3-5,7H,6H2,1-2H3,(H,12,13,14). The zero-order valence-corrected chi connectivity index (χ0v) is 9.41. The lowest BCUT2D eigenvalue weighted by Gasteiger charge is -2.08. The van der Waals surface area contributed by atoms with Crippen molar-refractivity contribution in [3.63, 3.8) is 0 Å². The van der Waals surface area contributed by atoms with Crippen molar-refractivity contribution in [2.24, 2.45) is 0 Å². The molecule has 0 radical (unpaired) electrons. The Hall–Kier alpha value is -1.13. The van der Waals surface area contributed by atoms with E-state index in [1.165, 1.54) is 6.20 Å². The molecule has 0 aromatic carbocycles. The monoisotopic (exact) mass is 228 g/mol. The van der Waals surface area contributed by atoms with Crippen LogP contribution in [0.15, 0.2) is 18.3 Å². The van der Waals surface area contributed by atoms with Crippen LogP contribution in [-0.2, 0) is 9.53 Å². The Labute approximate surface area is 93.6 Å². The molecule has 1 amide bonds. The third-order valence-corrected chi connectivity index (χ3v) is 1.76. The van der Waals surface area contributed by atoms with Crippen molar-refractivity contribution in [3.8, 4) is 0 Å². The van der Waals surface area contributed by atoms with Crippen LogP contribution in [0.4, 0.5) is 5.69 Å². The van der Waals surface area contributed by atoms with Gasteiger partial charge >= 0.3 is 0 Å². The molecular formula is C10H13ClN2O2. The Bertz CT molecular complexity index is 342. The van der Waals surface area contributed by atoms with Gasteiger partial charge in [0.15, 0.2) is 0 Å². The Balaban J connectivity index is 2.44. The normalized spacial score (nSPS) is 10.4. The molecule has 0 aliphatic carbocycles. The van der Waals surface area contributed by atoms with E-state index >= 15 is 0 Å². The summed E-state index contributed by atoms with van der Waals surface area (Å²) in [6.07, 6.45) is 1.57. The number of ether oxygens (including phenoxy) is 1. The van der Waals surface area contributed by atoms with Crippen LogP contribution < -0.4 is 5.32 Å². The first kappa shape index (κ1) is 11.9. The molecule has 0 saturated carbocycles. The van der Waals surface area contributed by atoms with Crippen LogP contribution in [0, 0.1) is 0 Å². The molecule has 1 aromatic rings. The maximum Gasteiger partial charge on any atom is 0.250 e. The number of carbonyl (C=O) groups is 1. The number of aromatic nitrogens is 1. The van der Waals surface area contributed by atoms with E-state index < -0.39 is 0 Å². The van der Waals surface area contributed by atoms with Gasteiger partial charge in [-0.3, -0.25) is 4.79 Å². The SMILES string of the molecule is CC(C)OCC(=O)Nc1ccnc(Cl)c1. The smallest absolute Gasteiger partial charge is 0.250 e. The highest BCUT2D eigenvalue weighted by Gasteiger charge is 2.04. The molecule has 0 unspecified atom stereocenters. The summed E-state index contributed by atoms with van der Waals surface area (Å²) in [5.41, 5.74) is 0.618. The molecule has 82 valence electrons. The summed E-state index contributed by atoms with van der Waals surface area (Å²) < 4.78 is 5.15. The lowest BCUT2D eigenvalue weighted by atomic mass is 10.4. The predicted octanol–water partition coefficient (Wildman–Crippen LogP) is 2.10. The average Bonchev–Trinajstić information content (AvgIpc) is 2.15. The van der Waals surface area contributed by atoms with Gasteiger partial charge in [0.2, 0.25) is 5.91 Å². The molecule has 1 N–H and O–H groups in total. The highest BCUT2D eigenvalue weighted by molar-refractivity contribution is 6.29. The van der Waals surface area contributed by atoms with Gasteiger partial charge in [-0.2, -0.15) is 0 Å². The van der Waals surface area contributed by atoms with Crippen LogP contribution in [0.1, 0.15) is 13.8 Å². The molecule has 1 rings (SSSR count). The third-order valence-electron chi connectivity index (χ3n) is 1.56. The lowest BCUT2D eigenvalue weighted by Crippen LogP contribution is -2.20. The molecule has 0 aliphatic rings. The fraction of sp³-hybridized carbons (Fsp3) is 0.400. The van der Waals surface area contributed by atoms with Gasteiger partial charge in [-0.05, 0) is 26.0 Å². The van der Waals surface area contributed by atoms with Gasteiger partial charge in [0.1, 0.15) is 11.8 Å². The van der Waals surface area contributed by atoms with Crippen LogP contribution >= 0.6 is 11.6 Å². The number of anilines is 1.